The zero-order valence-corrected chi connectivity index (χ0v) is 15.4. The smallest absolute Gasteiger partial charge is 0.254 e. The fraction of sp³-hybridized carbons (Fsp3) is 0.333. The lowest BCUT2D eigenvalue weighted by Gasteiger charge is -2.22. The SMILES string of the molecule is CCCN(CC(=O)Nc1ccccc1C)C(=O)c1ccc(C)c(C)c1. The summed E-state index contributed by atoms with van der Waals surface area (Å²) in [7, 11) is 0. The van der Waals surface area contributed by atoms with Crippen molar-refractivity contribution in [2.45, 2.75) is 34.1 Å². The standard InChI is InChI=1S/C21H26N2O2/c1-5-12-23(21(25)18-11-10-15(2)17(4)13-18)14-20(24)22-19-9-7-6-8-16(19)3/h6-11,13H,5,12,14H2,1-4H3,(H,22,24). The fourth-order valence-electron chi connectivity index (χ4n) is 2.66. The molecule has 0 saturated carbocycles. The number of amides is 2. The minimum atomic E-state index is -0.181. The largest absolute Gasteiger partial charge is 0.329 e. The average Bonchev–Trinajstić information content (AvgIpc) is 2.58. The maximum atomic E-state index is 12.8. The van der Waals surface area contributed by atoms with Crippen LogP contribution in [0.15, 0.2) is 42.5 Å². The molecule has 0 aliphatic carbocycles. The van der Waals surface area contributed by atoms with Crippen LogP contribution >= 0.6 is 0 Å². The zero-order valence-electron chi connectivity index (χ0n) is 15.4. The highest BCUT2D eigenvalue weighted by molar-refractivity contribution is 5.99. The van der Waals surface area contributed by atoms with E-state index in [4.69, 9.17) is 0 Å². The lowest BCUT2D eigenvalue weighted by atomic mass is 10.1. The topological polar surface area (TPSA) is 49.4 Å². The minimum absolute atomic E-state index is 0.0495. The average molecular weight is 338 g/mol. The number of aryl methyl sites for hydroxylation is 3. The molecule has 4 heteroatoms. The second-order valence-electron chi connectivity index (χ2n) is 6.39. The number of benzene rings is 2. The molecule has 2 aromatic carbocycles. The van der Waals surface area contributed by atoms with Crippen LogP contribution in [-0.4, -0.2) is 29.8 Å². The van der Waals surface area contributed by atoms with Gasteiger partial charge in [0.05, 0.1) is 0 Å². The summed E-state index contributed by atoms with van der Waals surface area (Å²) in [5.74, 6) is -0.287. The van der Waals surface area contributed by atoms with Crippen molar-refractivity contribution in [3.8, 4) is 0 Å². The van der Waals surface area contributed by atoms with E-state index in [1.807, 2.05) is 70.2 Å². The van der Waals surface area contributed by atoms with E-state index in [9.17, 15) is 9.59 Å². The van der Waals surface area contributed by atoms with Crippen molar-refractivity contribution < 1.29 is 9.59 Å². The van der Waals surface area contributed by atoms with Crippen LogP contribution in [0, 0.1) is 20.8 Å². The Bertz CT molecular complexity index is 768. The van der Waals surface area contributed by atoms with Crippen LogP contribution in [-0.2, 0) is 4.79 Å². The first-order chi connectivity index (χ1) is 11.9. The molecule has 132 valence electrons. The molecule has 4 nitrogen and oxygen atoms in total. The number of rotatable bonds is 6. The molecule has 0 aromatic heterocycles. The molecule has 1 N–H and O–H groups in total. The van der Waals surface area contributed by atoms with Gasteiger partial charge < -0.3 is 10.2 Å². The summed E-state index contributed by atoms with van der Waals surface area (Å²) in [5, 5.41) is 2.89. The van der Waals surface area contributed by atoms with E-state index >= 15 is 0 Å². The molecule has 25 heavy (non-hydrogen) atoms. The van der Waals surface area contributed by atoms with Crippen LogP contribution in [0.3, 0.4) is 0 Å². The Balaban J connectivity index is 2.11. The van der Waals surface area contributed by atoms with Gasteiger partial charge in [-0.3, -0.25) is 9.59 Å². The Labute approximate surface area is 149 Å². The number of hydrogen-bond acceptors (Lipinski definition) is 2. The second kappa shape index (κ2) is 8.47. The van der Waals surface area contributed by atoms with Gasteiger partial charge >= 0.3 is 0 Å². The van der Waals surface area contributed by atoms with Gasteiger partial charge in [-0.15, -0.1) is 0 Å². The van der Waals surface area contributed by atoms with Crippen LogP contribution in [0.1, 0.15) is 40.4 Å². The molecule has 0 atom stereocenters. The van der Waals surface area contributed by atoms with Gasteiger partial charge in [0.15, 0.2) is 0 Å². The monoisotopic (exact) mass is 338 g/mol. The van der Waals surface area contributed by atoms with Crippen molar-refractivity contribution in [3.63, 3.8) is 0 Å². The number of carbonyl (C=O) groups excluding carboxylic acids is 2. The minimum Gasteiger partial charge on any atom is -0.329 e. The van der Waals surface area contributed by atoms with Crippen molar-refractivity contribution in [2.24, 2.45) is 0 Å². The molecule has 0 bridgehead atoms. The van der Waals surface area contributed by atoms with Crippen molar-refractivity contribution in [1.29, 1.82) is 0 Å². The molecule has 2 amide bonds. The molecular weight excluding hydrogens is 312 g/mol. The predicted octanol–water partition coefficient (Wildman–Crippen LogP) is 4.10. The van der Waals surface area contributed by atoms with E-state index in [1.165, 1.54) is 0 Å². The number of nitrogens with zero attached hydrogens (tertiary/aromatic N) is 1. The number of carbonyl (C=O) groups is 2. The highest BCUT2D eigenvalue weighted by Crippen LogP contribution is 2.15. The molecule has 2 aromatic rings. The van der Waals surface area contributed by atoms with Gasteiger partial charge in [0.25, 0.3) is 5.91 Å². The number of anilines is 1. The van der Waals surface area contributed by atoms with Gasteiger partial charge in [-0.25, -0.2) is 0 Å². The Morgan fingerprint density at radius 1 is 0.960 bits per heavy atom. The summed E-state index contributed by atoms with van der Waals surface area (Å²) in [4.78, 5) is 26.8. The fourth-order valence-corrected chi connectivity index (χ4v) is 2.66. The van der Waals surface area contributed by atoms with Gasteiger partial charge in [0.1, 0.15) is 6.54 Å². The van der Waals surface area contributed by atoms with Gasteiger partial charge in [-0.2, -0.15) is 0 Å². The quantitative estimate of drug-likeness (QED) is 0.862. The van der Waals surface area contributed by atoms with E-state index in [-0.39, 0.29) is 18.4 Å². The van der Waals surface area contributed by atoms with Gasteiger partial charge in [0, 0.05) is 17.8 Å². The Kier molecular flexibility index (Phi) is 6.34. The predicted molar refractivity (Wildman–Crippen MR) is 102 cm³/mol. The third-order valence-electron chi connectivity index (χ3n) is 4.29. The third-order valence-corrected chi connectivity index (χ3v) is 4.29. The molecule has 0 saturated heterocycles. The summed E-state index contributed by atoms with van der Waals surface area (Å²) < 4.78 is 0. The van der Waals surface area contributed by atoms with E-state index in [1.54, 1.807) is 4.90 Å². The van der Waals surface area contributed by atoms with Crippen LogP contribution in [0.5, 0.6) is 0 Å². The number of hydrogen-bond donors (Lipinski definition) is 1. The first kappa shape index (κ1) is 18.7. The summed E-state index contributed by atoms with van der Waals surface area (Å²) in [5.41, 5.74) is 4.63. The number of para-hydroxylation sites is 1. The first-order valence-electron chi connectivity index (χ1n) is 8.64. The molecule has 0 aliphatic heterocycles. The number of nitrogens with one attached hydrogen (secondary N) is 1. The van der Waals surface area contributed by atoms with E-state index in [2.05, 4.69) is 5.32 Å². The Hall–Kier alpha value is -2.62. The first-order valence-corrected chi connectivity index (χ1v) is 8.64. The summed E-state index contributed by atoms with van der Waals surface area (Å²) in [6, 6.07) is 13.3. The molecular formula is C21H26N2O2. The Morgan fingerprint density at radius 2 is 1.68 bits per heavy atom. The van der Waals surface area contributed by atoms with Crippen LogP contribution in [0.2, 0.25) is 0 Å². The molecule has 0 spiro atoms. The molecule has 2 rings (SSSR count). The van der Waals surface area contributed by atoms with Crippen molar-refractivity contribution in [1.82, 2.24) is 4.90 Å². The highest BCUT2D eigenvalue weighted by atomic mass is 16.2. The van der Waals surface area contributed by atoms with E-state index < -0.39 is 0 Å². The molecule has 0 radical (unpaired) electrons. The van der Waals surface area contributed by atoms with Crippen molar-refractivity contribution >= 4 is 17.5 Å². The van der Waals surface area contributed by atoms with E-state index in [0.29, 0.717) is 12.1 Å². The van der Waals surface area contributed by atoms with Crippen LogP contribution in [0.4, 0.5) is 5.69 Å². The van der Waals surface area contributed by atoms with Crippen molar-refractivity contribution in [3.05, 3.63) is 64.7 Å². The summed E-state index contributed by atoms with van der Waals surface area (Å²) in [6.07, 6.45) is 0.800. The molecule has 0 heterocycles. The maximum Gasteiger partial charge on any atom is 0.254 e. The Morgan fingerprint density at radius 3 is 2.32 bits per heavy atom. The maximum absolute atomic E-state index is 12.8. The van der Waals surface area contributed by atoms with Crippen molar-refractivity contribution in [2.75, 3.05) is 18.4 Å². The normalized spacial score (nSPS) is 10.4. The third kappa shape index (κ3) is 4.92. The van der Waals surface area contributed by atoms with E-state index in [0.717, 1.165) is 28.8 Å². The van der Waals surface area contributed by atoms with Gasteiger partial charge in [-0.05, 0) is 62.1 Å². The molecule has 0 unspecified atom stereocenters. The summed E-state index contributed by atoms with van der Waals surface area (Å²) >= 11 is 0. The zero-order chi connectivity index (χ0) is 18.4. The summed E-state index contributed by atoms with van der Waals surface area (Å²) in [6.45, 7) is 8.55. The second-order valence-corrected chi connectivity index (χ2v) is 6.39. The lowest BCUT2D eigenvalue weighted by Crippen LogP contribution is -2.38. The lowest BCUT2D eigenvalue weighted by molar-refractivity contribution is -0.116. The van der Waals surface area contributed by atoms with Gasteiger partial charge in [0.2, 0.25) is 5.91 Å². The highest BCUT2D eigenvalue weighted by Gasteiger charge is 2.19. The van der Waals surface area contributed by atoms with Gasteiger partial charge in [-0.1, -0.05) is 31.2 Å². The van der Waals surface area contributed by atoms with Crippen LogP contribution < -0.4 is 5.32 Å². The molecule has 0 fully saturated rings. The molecule has 0 aliphatic rings. The van der Waals surface area contributed by atoms with Crippen LogP contribution in [0.25, 0.3) is 0 Å².